The first kappa shape index (κ1) is 13.8. The van der Waals surface area contributed by atoms with Crippen molar-refractivity contribution >= 4 is 34.0 Å². The monoisotopic (exact) mass is 307 g/mol. The third-order valence-corrected chi connectivity index (χ3v) is 4.43. The largest absolute Gasteiger partial charge is 0.382 e. The molecule has 0 aliphatic carbocycles. The highest BCUT2D eigenvalue weighted by molar-refractivity contribution is 7.18. The van der Waals surface area contributed by atoms with Gasteiger partial charge in [-0.1, -0.05) is 11.3 Å². The fourth-order valence-electron chi connectivity index (χ4n) is 2.23. The number of amides is 1. The van der Waals surface area contributed by atoms with E-state index >= 15 is 0 Å². The Morgan fingerprint density at radius 1 is 1.57 bits per heavy atom. The van der Waals surface area contributed by atoms with Crippen LogP contribution in [0.3, 0.4) is 0 Å². The molecule has 5 N–H and O–H groups in total. The fraction of sp³-hybridized carbons (Fsp3) is 0.417. The van der Waals surface area contributed by atoms with E-state index in [9.17, 15) is 4.79 Å². The molecule has 1 saturated heterocycles. The molecule has 0 radical (unpaired) electrons. The van der Waals surface area contributed by atoms with Crippen molar-refractivity contribution in [3.05, 3.63) is 17.1 Å². The molecule has 1 aliphatic rings. The number of nitrogens with two attached hydrogens (primary N) is 2. The number of aromatic nitrogens is 3. The third-order valence-electron chi connectivity index (χ3n) is 3.30. The molecule has 21 heavy (non-hydrogen) atoms. The molecular formula is C12H17N7OS. The number of carbonyl (C=O) groups is 1. The first-order valence-corrected chi connectivity index (χ1v) is 7.42. The summed E-state index contributed by atoms with van der Waals surface area (Å²) in [5, 5.41) is 7.55. The molecule has 1 fully saturated rings. The van der Waals surface area contributed by atoms with E-state index in [-0.39, 0.29) is 17.8 Å². The van der Waals surface area contributed by atoms with Crippen molar-refractivity contribution in [3.63, 3.8) is 0 Å². The second kappa shape index (κ2) is 5.34. The average molecular weight is 307 g/mol. The van der Waals surface area contributed by atoms with Crippen molar-refractivity contribution in [1.29, 1.82) is 0 Å². The number of hydrogen-bond acceptors (Lipinski definition) is 7. The van der Waals surface area contributed by atoms with Gasteiger partial charge in [0.15, 0.2) is 10.9 Å². The molecule has 1 atom stereocenters. The molecule has 3 rings (SSSR count). The van der Waals surface area contributed by atoms with Gasteiger partial charge in [0.2, 0.25) is 0 Å². The lowest BCUT2D eigenvalue weighted by Crippen LogP contribution is -2.26. The lowest BCUT2D eigenvalue weighted by atomic mass is 10.3. The quantitative estimate of drug-likeness (QED) is 0.748. The van der Waals surface area contributed by atoms with Crippen molar-refractivity contribution in [2.75, 3.05) is 29.0 Å². The topological polar surface area (TPSA) is 115 Å². The van der Waals surface area contributed by atoms with E-state index < -0.39 is 0 Å². The molecule has 0 saturated carbocycles. The zero-order chi connectivity index (χ0) is 15.0. The summed E-state index contributed by atoms with van der Waals surface area (Å²) in [6.07, 6.45) is 2.68. The Morgan fingerprint density at radius 3 is 3.00 bits per heavy atom. The second-order valence-corrected chi connectivity index (χ2v) is 6.01. The first-order valence-electron chi connectivity index (χ1n) is 6.61. The maximum Gasteiger partial charge on any atom is 0.270 e. The summed E-state index contributed by atoms with van der Waals surface area (Å²) in [5.74, 6) is 0.433. The van der Waals surface area contributed by atoms with Crippen molar-refractivity contribution in [2.45, 2.75) is 12.5 Å². The van der Waals surface area contributed by atoms with Crippen LogP contribution in [-0.2, 0) is 7.05 Å². The summed E-state index contributed by atoms with van der Waals surface area (Å²) in [6.45, 7) is 1.59. The normalized spacial score (nSPS) is 18.2. The summed E-state index contributed by atoms with van der Waals surface area (Å²) < 4.78 is 1.61. The van der Waals surface area contributed by atoms with Crippen molar-refractivity contribution in [1.82, 2.24) is 14.8 Å². The number of rotatable bonds is 3. The van der Waals surface area contributed by atoms with Gasteiger partial charge in [0.1, 0.15) is 10.7 Å². The number of aryl methyl sites for hydroxylation is 1. The minimum atomic E-state index is -0.293. The highest BCUT2D eigenvalue weighted by atomic mass is 32.1. The Bertz CT molecular complexity index is 664. The zero-order valence-corrected chi connectivity index (χ0v) is 12.4. The molecule has 9 heteroatoms. The summed E-state index contributed by atoms with van der Waals surface area (Å²) in [7, 11) is 1.78. The Balaban J connectivity index is 1.76. The van der Waals surface area contributed by atoms with Gasteiger partial charge in [0, 0.05) is 38.4 Å². The second-order valence-electron chi connectivity index (χ2n) is 5.03. The van der Waals surface area contributed by atoms with Gasteiger partial charge < -0.3 is 21.7 Å². The Hall–Kier alpha value is -2.13. The van der Waals surface area contributed by atoms with E-state index in [1.807, 2.05) is 0 Å². The van der Waals surface area contributed by atoms with Gasteiger partial charge >= 0.3 is 0 Å². The molecule has 1 amide bonds. The van der Waals surface area contributed by atoms with Crippen LogP contribution in [0.5, 0.6) is 0 Å². The molecular weight excluding hydrogens is 290 g/mol. The van der Waals surface area contributed by atoms with Crippen LogP contribution in [0.1, 0.15) is 16.1 Å². The van der Waals surface area contributed by atoms with E-state index in [0.29, 0.717) is 10.7 Å². The predicted octanol–water partition coefficient (Wildman–Crippen LogP) is 0.249. The van der Waals surface area contributed by atoms with Gasteiger partial charge in [-0.3, -0.25) is 9.48 Å². The van der Waals surface area contributed by atoms with Crippen LogP contribution < -0.4 is 21.7 Å². The molecule has 3 heterocycles. The van der Waals surface area contributed by atoms with Crippen LogP contribution in [0.15, 0.2) is 12.3 Å². The van der Waals surface area contributed by atoms with Gasteiger partial charge in [-0.2, -0.15) is 5.10 Å². The van der Waals surface area contributed by atoms with Crippen LogP contribution in [0.2, 0.25) is 0 Å². The van der Waals surface area contributed by atoms with Gasteiger partial charge in [0.05, 0.1) is 0 Å². The fourth-order valence-corrected chi connectivity index (χ4v) is 3.15. The molecule has 2 aromatic rings. The van der Waals surface area contributed by atoms with Gasteiger partial charge in [-0.05, 0) is 6.42 Å². The number of thiazole rings is 1. The summed E-state index contributed by atoms with van der Waals surface area (Å²) in [6, 6.07) is 1.87. The molecule has 2 aromatic heterocycles. The van der Waals surface area contributed by atoms with Crippen molar-refractivity contribution < 1.29 is 4.79 Å². The molecule has 1 aliphatic heterocycles. The Labute approximate surface area is 125 Å². The summed E-state index contributed by atoms with van der Waals surface area (Å²) in [5.41, 5.74) is 11.7. The highest BCUT2D eigenvalue weighted by Gasteiger charge is 2.25. The van der Waals surface area contributed by atoms with Crippen LogP contribution in [0.4, 0.5) is 16.8 Å². The number of carbonyl (C=O) groups excluding carboxylic acids is 1. The van der Waals surface area contributed by atoms with Gasteiger partial charge in [-0.15, -0.1) is 0 Å². The smallest absolute Gasteiger partial charge is 0.270 e. The summed E-state index contributed by atoms with van der Waals surface area (Å²) >= 11 is 1.28. The molecule has 112 valence electrons. The molecule has 0 bridgehead atoms. The van der Waals surface area contributed by atoms with E-state index in [1.54, 1.807) is 24.0 Å². The predicted molar refractivity (Wildman–Crippen MR) is 82.5 cm³/mol. The van der Waals surface area contributed by atoms with Crippen LogP contribution in [0, 0.1) is 0 Å². The number of anilines is 3. The standard InChI is InChI=1S/C12H17N7OS/c1-18-4-3-8(17-18)15-11(20)9-10(14)16-12(21-9)19-5-2-7(13)6-19/h3-4,7H,2,5-6,13-14H2,1H3,(H,15,17,20). The number of nitrogens with one attached hydrogen (secondary N) is 1. The van der Waals surface area contributed by atoms with E-state index in [1.165, 1.54) is 11.3 Å². The maximum absolute atomic E-state index is 12.2. The van der Waals surface area contributed by atoms with E-state index in [4.69, 9.17) is 11.5 Å². The van der Waals surface area contributed by atoms with Crippen LogP contribution in [-0.4, -0.2) is 39.8 Å². The highest BCUT2D eigenvalue weighted by Crippen LogP contribution is 2.30. The lowest BCUT2D eigenvalue weighted by Gasteiger charge is -2.12. The van der Waals surface area contributed by atoms with E-state index in [2.05, 4.69) is 20.3 Å². The minimum Gasteiger partial charge on any atom is -0.382 e. The van der Waals surface area contributed by atoms with Crippen LogP contribution in [0.25, 0.3) is 0 Å². The average Bonchev–Trinajstić information content (AvgIpc) is 3.11. The SMILES string of the molecule is Cn1ccc(NC(=O)c2sc(N3CCC(N)C3)nc2N)n1. The summed E-state index contributed by atoms with van der Waals surface area (Å²) in [4.78, 5) is 19.0. The molecule has 8 nitrogen and oxygen atoms in total. The first-order chi connectivity index (χ1) is 10.0. The third kappa shape index (κ3) is 2.83. The Kier molecular flexibility index (Phi) is 3.52. The van der Waals surface area contributed by atoms with Crippen molar-refractivity contribution in [2.24, 2.45) is 12.8 Å². The number of nitrogens with zero attached hydrogens (tertiary/aromatic N) is 4. The molecule has 1 unspecified atom stereocenters. The van der Waals surface area contributed by atoms with Crippen molar-refractivity contribution in [3.8, 4) is 0 Å². The van der Waals surface area contributed by atoms with Gasteiger partial charge in [-0.25, -0.2) is 4.98 Å². The van der Waals surface area contributed by atoms with Crippen LogP contribution >= 0.6 is 11.3 Å². The molecule has 0 spiro atoms. The molecule has 0 aromatic carbocycles. The zero-order valence-electron chi connectivity index (χ0n) is 11.6. The minimum absolute atomic E-state index is 0.154. The van der Waals surface area contributed by atoms with E-state index in [0.717, 1.165) is 24.6 Å². The lowest BCUT2D eigenvalue weighted by molar-refractivity contribution is 0.103. The maximum atomic E-state index is 12.2. The number of nitrogen functional groups attached to an aromatic ring is 1. The number of hydrogen-bond donors (Lipinski definition) is 3. The Morgan fingerprint density at radius 2 is 2.38 bits per heavy atom. The van der Waals surface area contributed by atoms with Gasteiger partial charge in [0.25, 0.3) is 5.91 Å².